The van der Waals surface area contributed by atoms with Crippen LogP contribution in [0.15, 0.2) is 48.5 Å². The number of benzene rings is 2. The lowest BCUT2D eigenvalue weighted by molar-refractivity contribution is -0.119. The molecule has 8 heteroatoms. The largest absolute Gasteiger partial charge is 0.492 e. The Morgan fingerprint density at radius 3 is 2.06 bits per heavy atom. The Hall–Kier alpha value is -2.74. The lowest BCUT2D eigenvalue weighted by Gasteiger charge is -2.22. The SMILES string of the molecule is CC(C)Oc1ccc(N(CC(=O)NCCOc2ccc(C(C)(C)C)cc2)S(C)(=O)=O)cc1. The van der Waals surface area contributed by atoms with Gasteiger partial charge in [-0.05, 0) is 61.2 Å². The van der Waals surface area contributed by atoms with Gasteiger partial charge >= 0.3 is 0 Å². The van der Waals surface area contributed by atoms with Crippen LogP contribution in [-0.2, 0) is 20.2 Å². The summed E-state index contributed by atoms with van der Waals surface area (Å²) < 4.78 is 36.8. The molecule has 0 aromatic heterocycles. The molecule has 0 spiro atoms. The highest BCUT2D eigenvalue weighted by Gasteiger charge is 2.21. The van der Waals surface area contributed by atoms with Crippen molar-refractivity contribution < 1.29 is 22.7 Å². The molecule has 0 heterocycles. The van der Waals surface area contributed by atoms with Gasteiger partial charge in [0.15, 0.2) is 0 Å². The molecule has 32 heavy (non-hydrogen) atoms. The molecule has 2 rings (SSSR count). The van der Waals surface area contributed by atoms with Crippen molar-refractivity contribution in [3.63, 3.8) is 0 Å². The highest BCUT2D eigenvalue weighted by molar-refractivity contribution is 7.92. The summed E-state index contributed by atoms with van der Waals surface area (Å²) in [4.78, 5) is 12.4. The van der Waals surface area contributed by atoms with Crippen molar-refractivity contribution in [2.75, 3.05) is 30.3 Å². The summed E-state index contributed by atoms with van der Waals surface area (Å²) >= 11 is 0. The first-order chi connectivity index (χ1) is 14.9. The highest BCUT2D eigenvalue weighted by atomic mass is 32.2. The first kappa shape index (κ1) is 25.5. The molecule has 1 amide bonds. The van der Waals surface area contributed by atoms with E-state index in [1.54, 1.807) is 24.3 Å². The first-order valence-corrected chi connectivity index (χ1v) is 12.5. The van der Waals surface area contributed by atoms with E-state index in [9.17, 15) is 13.2 Å². The van der Waals surface area contributed by atoms with Crippen molar-refractivity contribution >= 4 is 21.6 Å². The summed E-state index contributed by atoms with van der Waals surface area (Å²) in [6.07, 6.45) is 1.08. The standard InChI is InChI=1S/C24H34N2O5S/c1-18(2)31-22-13-9-20(10-14-22)26(32(6,28)29)17-23(27)25-15-16-30-21-11-7-19(8-12-21)24(3,4)5/h7-14,18H,15-17H2,1-6H3,(H,25,27). The molecular weight excluding hydrogens is 428 g/mol. The van der Waals surface area contributed by atoms with Gasteiger partial charge in [0.25, 0.3) is 0 Å². The topological polar surface area (TPSA) is 84.9 Å². The molecule has 0 saturated carbocycles. The third-order valence-electron chi connectivity index (χ3n) is 4.60. The summed E-state index contributed by atoms with van der Waals surface area (Å²) in [5.41, 5.74) is 1.68. The lowest BCUT2D eigenvalue weighted by atomic mass is 9.87. The molecule has 0 aliphatic carbocycles. The van der Waals surface area contributed by atoms with Gasteiger partial charge in [-0.3, -0.25) is 9.10 Å². The second-order valence-corrected chi connectivity index (χ2v) is 10.8. The maximum absolute atomic E-state index is 12.4. The zero-order chi connectivity index (χ0) is 23.9. The molecular formula is C24H34N2O5S. The fourth-order valence-electron chi connectivity index (χ4n) is 2.96. The number of hydrogen-bond acceptors (Lipinski definition) is 5. The van der Waals surface area contributed by atoms with E-state index < -0.39 is 15.9 Å². The zero-order valence-corrected chi connectivity index (χ0v) is 20.5. The lowest BCUT2D eigenvalue weighted by Crippen LogP contribution is -2.41. The molecule has 0 bridgehead atoms. The quantitative estimate of drug-likeness (QED) is 0.544. The van der Waals surface area contributed by atoms with Gasteiger partial charge in [0.05, 0.1) is 24.6 Å². The van der Waals surface area contributed by atoms with E-state index in [0.29, 0.717) is 17.2 Å². The van der Waals surface area contributed by atoms with E-state index in [2.05, 4.69) is 26.1 Å². The predicted molar refractivity (Wildman–Crippen MR) is 128 cm³/mol. The Morgan fingerprint density at radius 2 is 1.56 bits per heavy atom. The minimum atomic E-state index is -3.64. The Balaban J connectivity index is 1.88. The third kappa shape index (κ3) is 8.07. The predicted octanol–water partition coefficient (Wildman–Crippen LogP) is 3.73. The van der Waals surface area contributed by atoms with Crippen LogP contribution < -0.4 is 19.1 Å². The van der Waals surface area contributed by atoms with Gasteiger partial charge in [-0.2, -0.15) is 0 Å². The number of amides is 1. The van der Waals surface area contributed by atoms with Gasteiger partial charge in [0.2, 0.25) is 15.9 Å². The van der Waals surface area contributed by atoms with Gasteiger partial charge in [0, 0.05) is 0 Å². The molecule has 0 fully saturated rings. The minimum absolute atomic E-state index is 0.0104. The van der Waals surface area contributed by atoms with Gasteiger partial charge in [-0.25, -0.2) is 8.42 Å². The molecule has 0 aliphatic rings. The Morgan fingerprint density at radius 1 is 1.00 bits per heavy atom. The van der Waals surface area contributed by atoms with Gasteiger partial charge in [-0.15, -0.1) is 0 Å². The van der Waals surface area contributed by atoms with Crippen LogP contribution in [0.5, 0.6) is 11.5 Å². The Kier molecular flexibility index (Phi) is 8.55. The van der Waals surface area contributed by atoms with Crippen molar-refractivity contribution in [3.05, 3.63) is 54.1 Å². The van der Waals surface area contributed by atoms with E-state index in [4.69, 9.17) is 9.47 Å². The van der Waals surface area contributed by atoms with E-state index >= 15 is 0 Å². The summed E-state index contributed by atoms with van der Waals surface area (Å²) in [5.74, 6) is 0.938. The molecule has 7 nitrogen and oxygen atoms in total. The molecule has 0 atom stereocenters. The van der Waals surface area contributed by atoms with Crippen LogP contribution in [0.1, 0.15) is 40.2 Å². The average molecular weight is 463 g/mol. The fraction of sp³-hybridized carbons (Fsp3) is 0.458. The monoisotopic (exact) mass is 462 g/mol. The number of nitrogens with zero attached hydrogens (tertiary/aromatic N) is 1. The molecule has 2 aromatic carbocycles. The van der Waals surface area contributed by atoms with E-state index in [0.717, 1.165) is 10.6 Å². The number of hydrogen-bond donors (Lipinski definition) is 1. The van der Waals surface area contributed by atoms with Crippen LogP contribution in [-0.4, -0.2) is 46.4 Å². The van der Waals surface area contributed by atoms with Crippen LogP contribution >= 0.6 is 0 Å². The van der Waals surface area contributed by atoms with E-state index in [1.165, 1.54) is 5.56 Å². The number of anilines is 1. The molecule has 2 aromatic rings. The number of rotatable bonds is 10. The molecule has 0 saturated heterocycles. The second kappa shape index (κ2) is 10.7. The van der Waals surface area contributed by atoms with Gasteiger partial charge in [0.1, 0.15) is 24.7 Å². The summed E-state index contributed by atoms with van der Waals surface area (Å²) in [7, 11) is -3.64. The van der Waals surface area contributed by atoms with E-state index in [-0.39, 0.29) is 31.2 Å². The second-order valence-electron chi connectivity index (χ2n) is 8.90. The van der Waals surface area contributed by atoms with E-state index in [1.807, 2.05) is 38.1 Å². The number of carbonyl (C=O) groups excluding carboxylic acids is 1. The number of sulfonamides is 1. The third-order valence-corrected chi connectivity index (χ3v) is 5.74. The molecule has 1 N–H and O–H groups in total. The van der Waals surface area contributed by atoms with Crippen molar-refractivity contribution in [2.45, 2.75) is 46.1 Å². The molecule has 176 valence electrons. The maximum Gasteiger partial charge on any atom is 0.240 e. The van der Waals surface area contributed by atoms with Crippen LogP contribution in [0.2, 0.25) is 0 Å². The first-order valence-electron chi connectivity index (χ1n) is 10.6. The Labute approximate surface area is 191 Å². The summed E-state index contributed by atoms with van der Waals surface area (Å²) in [6.45, 7) is 10.5. The van der Waals surface area contributed by atoms with Gasteiger partial charge < -0.3 is 14.8 Å². The van der Waals surface area contributed by atoms with Crippen LogP contribution in [0, 0.1) is 0 Å². The maximum atomic E-state index is 12.4. The minimum Gasteiger partial charge on any atom is -0.492 e. The number of nitrogens with one attached hydrogen (secondary N) is 1. The number of ether oxygens (including phenoxy) is 2. The molecule has 0 aliphatic heterocycles. The highest BCUT2D eigenvalue weighted by Crippen LogP contribution is 2.24. The van der Waals surface area contributed by atoms with Crippen LogP contribution in [0.25, 0.3) is 0 Å². The fourth-order valence-corrected chi connectivity index (χ4v) is 3.82. The number of carbonyl (C=O) groups is 1. The Bertz CT molecular complexity index is 979. The normalized spacial score (nSPS) is 11.8. The van der Waals surface area contributed by atoms with Crippen molar-refractivity contribution in [1.82, 2.24) is 5.32 Å². The van der Waals surface area contributed by atoms with Crippen molar-refractivity contribution in [2.24, 2.45) is 0 Å². The molecule has 0 radical (unpaired) electrons. The smallest absolute Gasteiger partial charge is 0.240 e. The van der Waals surface area contributed by atoms with Gasteiger partial charge in [-0.1, -0.05) is 32.9 Å². The van der Waals surface area contributed by atoms with Crippen molar-refractivity contribution in [1.29, 1.82) is 0 Å². The molecule has 0 unspecified atom stereocenters. The van der Waals surface area contributed by atoms with Crippen LogP contribution in [0.3, 0.4) is 0 Å². The van der Waals surface area contributed by atoms with Crippen LogP contribution in [0.4, 0.5) is 5.69 Å². The summed E-state index contributed by atoms with van der Waals surface area (Å²) in [6, 6.07) is 14.5. The van der Waals surface area contributed by atoms with Crippen molar-refractivity contribution in [3.8, 4) is 11.5 Å². The summed E-state index contributed by atoms with van der Waals surface area (Å²) in [5, 5.41) is 2.70. The zero-order valence-electron chi connectivity index (χ0n) is 19.7. The average Bonchev–Trinajstić information content (AvgIpc) is 2.68.